The van der Waals surface area contributed by atoms with E-state index in [0.717, 1.165) is 31.6 Å². The summed E-state index contributed by atoms with van der Waals surface area (Å²) in [6.45, 7) is 0.882. The smallest absolute Gasteiger partial charge is 0.408 e. The zero-order valence-corrected chi connectivity index (χ0v) is 14.7. The zero-order valence-electron chi connectivity index (χ0n) is 13.9. The largest absolute Gasteiger partial charge is 1.00 e. The van der Waals surface area contributed by atoms with Crippen LogP contribution in [0.2, 0.25) is 0 Å². The minimum Gasteiger partial charge on any atom is -1.00 e. The lowest BCUT2D eigenvalue weighted by Crippen LogP contribution is -3.09. The molecule has 0 aromatic heterocycles. The van der Waals surface area contributed by atoms with Crippen LogP contribution in [0.5, 0.6) is 5.75 Å². The van der Waals surface area contributed by atoms with Gasteiger partial charge in [-0.2, -0.15) is 23.2 Å². The molecular weight excluding hydrogens is 397 g/mol. The number of benzene rings is 1. The molecule has 146 valence electrons. The van der Waals surface area contributed by atoms with Crippen molar-refractivity contribution in [3.05, 3.63) is 35.2 Å². The number of quaternary nitrogens is 1. The maximum atomic E-state index is 14.4. The summed E-state index contributed by atoms with van der Waals surface area (Å²) in [5.74, 6) is -2.24. The van der Waals surface area contributed by atoms with Crippen LogP contribution in [0.25, 0.3) is 5.57 Å². The average molecular weight is 410 g/mol. The average Bonchev–Trinajstić information content (AvgIpc) is 3.03. The van der Waals surface area contributed by atoms with Crippen molar-refractivity contribution in [3.8, 4) is 5.75 Å². The van der Waals surface area contributed by atoms with Crippen molar-refractivity contribution in [2.24, 2.45) is 15.1 Å². The van der Waals surface area contributed by atoms with E-state index in [1.165, 1.54) is 7.11 Å². The highest BCUT2D eigenvalue weighted by atomic mass is 35.5. The Labute approximate surface area is 156 Å². The number of ether oxygens (including phenoxy) is 1. The molecule has 0 aliphatic carbocycles. The first-order valence-corrected chi connectivity index (χ1v) is 7.35. The lowest BCUT2D eigenvalue weighted by Gasteiger charge is -2.24. The van der Waals surface area contributed by atoms with E-state index < -0.39 is 29.4 Å². The molecule has 12 heteroatoms. The number of allylic oxidation sites excluding steroid dienone is 1. The summed E-state index contributed by atoms with van der Waals surface area (Å²) >= 11 is 0. The van der Waals surface area contributed by atoms with Crippen LogP contribution in [0, 0.1) is 11.6 Å². The van der Waals surface area contributed by atoms with Gasteiger partial charge in [0.05, 0.1) is 24.5 Å². The standard InChI is InChI=1S/C15H12F5N5O.ClH/c1-7(15(18,19)20)24-13-9(5-21-14-22-6-23-25(13)14)12-10(16)3-8(26-2)4-11(12)17;/h3-7,24H,1-2H3;1H. The summed E-state index contributed by atoms with van der Waals surface area (Å²) in [6, 6.07) is -0.139. The zero-order chi connectivity index (χ0) is 19.1. The number of aliphatic imine (C=N–C) groups is 2. The highest BCUT2D eigenvalue weighted by molar-refractivity contribution is 6.15. The molecule has 2 aliphatic heterocycles. The predicted octanol–water partition coefficient (Wildman–Crippen LogP) is -1.53. The number of hydrogen-bond donors (Lipinski definition) is 2. The fourth-order valence-corrected chi connectivity index (χ4v) is 2.41. The molecule has 0 saturated heterocycles. The van der Waals surface area contributed by atoms with Gasteiger partial charge in [0.15, 0.2) is 6.34 Å². The van der Waals surface area contributed by atoms with Crippen molar-refractivity contribution in [2.45, 2.75) is 19.1 Å². The monoisotopic (exact) mass is 409 g/mol. The molecule has 2 unspecified atom stereocenters. The van der Waals surface area contributed by atoms with Gasteiger partial charge in [-0.25, -0.2) is 8.78 Å². The SMILES string of the molecule is COc1cc(F)c(C2=C(NC(C)C(F)(F)F)[NH+]3N=CN=C3N=C2)c(F)c1.[Cl-]. The molecule has 27 heavy (non-hydrogen) atoms. The molecule has 0 fully saturated rings. The van der Waals surface area contributed by atoms with Gasteiger partial charge < -0.3 is 22.5 Å². The highest BCUT2D eigenvalue weighted by Gasteiger charge is 2.42. The van der Waals surface area contributed by atoms with Crippen LogP contribution < -0.4 is 27.5 Å². The van der Waals surface area contributed by atoms with Crippen LogP contribution in [0.1, 0.15) is 12.5 Å². The summed E-state index contributed by atoms with van der Waals surface area (Å²) in [5.41, 5.74) is -0.744. The Balaban J connectivity index is 0.00000261. The van der Waals surface area contributed by atoms with Crippen molar-refractivity contribution >= 4 is 24.1 Å². The molecule has 0 radical (unpaired) electrons. The van der Waals surface area contributed by atoms with Gasteiger partial charge in [0.2, 0.25) is 5.82 Å². The van der Waals surface area contributed by atoms with Crippen LogP contribution in [-0.2, 0) is 0 Å². The van der Waals surface area contributed by atoms with Crippen molar-refractivity contribution in [1.82, 2.24) is 5.32 Å². The first-order chi connectivity index (χ1) is 12.2. The topological polar surface area (TPSA) is 62.8 Å². The quantitative estimate of drug-likeness (QED) is 0.593. The molecule has 1 aromatic carbocycles. The number of fused-ring (bicyclic) bond motifs is 1. The Kier molecular flexibility index (Phi) is 5.85. The molecule has 0 spiro atoms. The summed E-state index contributed by atoms with van der Waals surface area (Å²) in [7, 11) is 1.24. The van der Waals surface area contributed by atoms with Gasteiger partial charge in [0.1, 0.15) is 23.4 Å². The summed E-state index contributed by atoms with van der Waals surface area (Å²) in [6.07, 6.45) is -2.42. The van der Waals surface area contributed by atoms with Crippen molar-refractivity contribution in [2.75, 3.05) is 7.11 Å². The fraction of sp³-hybridized carbons (Fsp3) is 0.267. The molecule has 2 atom stereocenters. The minimum absolute atomic E-state index is 0. The number of guanidine groups is 1. The van der Waals surface area contributed by atoms with E-state index in [-0.39, 0.29) is 40.5 Å². The summed E-state index contributed by atoms with van der Waals surface area (Å²) < 4.78 is 72.6. The van der Waals surface area contributed by atoms with Crippen LogP contribution in [0.4, 0.5) is 22.0 Å². The number of nitrogens with one attached hydrogen (secondary N) is 2. The molecule has 6 nitrogen and oxygen atoms in total. The van der Waals surface area contributed by atoms with Crippen LogP contribution in [-0.4, -0.2) is 37.8 Å². The fourth-order valence-electron chi connectivity index (χ4n) is 2.41. The Bertz CT molecular complexity index is 842. The predicted molar refractivity (Wildman–Crippen MR) is 83.9 cm³/mol. The Morgan fingerprint density at radius 1 is 1.19 bits per heavy atom. The third-order valence-electron chi connectivity index (χ3n) is 3.77. The van der Waals surface area contributed by atoms with E-state index in [4.69, 9.17) is 4.74 Å². The van der Waals surface area contributed by atoms with E-state index in [1.807, 2.05) is 0 Å². The van der Waals surface area contributed by atoms with Gasteiger partial charge in [-0.05, 0) is 6.92 Å². The molecule has 1 aromatic rings. The molecule has 2 heterocycles. The Morgan fingerprint density at radius 2 is 1.81 bits per heavy atom. The molecule has 0 amide bonds. The number of hydrogen-bond acceptors (Lipinski definition) is 5. The van der Waals surface area contributed by atoms with Gasteiger partial charge in [-0.3, -0.25) is 0 Å². The number of nitrogens with zero attached hydrogens (tertiary/aromatic N) is 3. The second-order valence-electron chi connectivity index (χ2n) is 5.47. The van der Waals surface area contributed by atoms with Gasteiger partial charge >= 0.3 is 12.1 Å². The molecular formula is C15H13ClF5N5O. The summed E-state index contributed by atoms with van der Waals surface area (Å²) in [5, 5.41) is 6.07. The van der Waals surface area contributed by atoms with Gasteiger partial charge in [-0.1, -0.05) is 10.1 Å². The minimum atomic E-state index is -4.58. The van der Waals surface area contributed by atoms with Crippen molar-refractivity contribution in [1.29, 1.82) is 0 Å². The third-order valence-corrected chi connectivity index (χ3v) is 3.77. The van der Waals surface area contributed by atoms with E-state index in [2.05, 4.69) is 20.4 Å². The third kappa shape index (κ3) is 3.93. The number of rotatable bonds is 4. The lowest BCUT2D eigenvalue weighted by atomic mass is 10.0. The second kappa shape index (κ2) is 7.61. The van der Waals surface area contributed by atoms with E-state index in [9.17, 15) is 22.0 Å². The number of alkyl halides is 3. The normalized spacial score (nSPS) is 19.4. The van der Waals surface area contributed by atoms with Crippen LogP contribution in [0.3, 0.4) is 0 Å². The van der Waals surface area contributed by atoms with Crippen LogP contribution >= 0.6 is 0 Å². The molecule has 0 bridgehead atoms. The van der Waals surface area contributed by atoms with Crippen LogP contribution in [0.15, 0.2) is 33.0 Å². The first kappa shape index (κ1) is 20.8. The highest BCUT2D eigenvalue weighted by Crippen LogP contribution is 2.28. The number of methoxy groups -OCH3 is 1. The van der Waals surface area contributed by atoms with E-state index >= 15 is 0 Å². The maximum Gasteiger partial charge on any atom is 0.408 e. The molecule has 3 rings (SSSR count). The van der Waals surface area contributed by atoms with Gasteiger partial charge in [0, 0.05) is 12.1 Å². The number of halogens is 6. The van der Waals surface area contributed by atoms with Crippen molar-refractivity contribution in [3.63, 3.8) is 0 Å². The van der Waals surface area contributed by atoms with Crippen molar-refractivity contribution < 1.29 is 44.1 Å². The molecule has 2 N–H and O–H groups in total. The Hall–Kier alpha value is -2.53. The Morgan fingerprint density at radius 3 is 2.37 bits per heavy atom. The first-order valence-electron chi connectivity index (χ1n) is 7.35. The molecule has 2 aliphatic rings. The lowest BCUT2D eigenvalue weighted by molar-refractivity contribution is -0.771. The van der Waals surface area contributed by atoms with Gasteiger partial charge in [-0.15, -0.1) is 0 Å². The van der Waals surface area contributed by atoms with Gasteiger partial charge in [0.25, 0.3) is 0 Å². The maximum absolute atomic E-state index is 14.4. The second-order valence-corrected chi connectivity index (χ2v) is 5.47. The van der Waals surface area contributed by atoms with E-state index in [0.29, 0.717) is 0 Å². The van der Waals surface area contributed by atoms with E-state index in [1.54, 1.807) is 0 Å². The summed E-state index contributed by atoms with van der Waals surface area (Å²) in [4.78, 5) is 7.72. The molecule has 0 saturated carbocycles.